The molecule has 0 spiro atoms. The molecule has 5 nitrogen and oxygen atoms in total. The van der Waals surface area contributed by atoms with E-state index in [1.807, 2.05) is 37.3 Å². The van der Waals surface area contributed by atoms with Crippen LogP contribution in [0, 0.1) is 6.92 Å². The van der Waals surface area contributed by atoms with Crippen molar-refractivity contribution in [3.8, 4) is 11.1 Å². The van der Waals surface area contributed by atoms with Gasteiger partial charge in [-0.2, -0.15) is 4.31 Å². The van der Waals surface area contributed by atoms with Crippen LogP contribution in [0.25, 0.3) is 11.1 Å². The van der Waals surface area contributed by atoms with Gasteiger partial charge >= 0.3 is 0 Å². The van der Waals surface area contributed by atoms with E-state index in [9.17, 15) is 8.42 Å². The van der Waals surface area contributed by atoms with Gasteiger partial charge in [-0.05, 0) is 30.2 Å². The molecule has 1 aliphatic heterocycles. The van der Waals surface area contributed by atoms with Crippen LogP contribution in [0.5, 0.6) is 0 Å². The summed E-state index contributed by atoms with van der Waals surface area (Å²) in [7, 11) is -3.53. The van der Waals surface area contributed by atoms with E-state index in [0.29, 0.717) is 24.4 Å². The molecule has 25 heavy (non-hydrogen) atoms. The van der Waals surface area contributed by atoms with E-state index < -0.39 is 10.0 Å². The second kappa shape index (κ2) is 6.13. The van der Waals surface area contributed by atoms with E-state index in [1.165, 1.54) is 9.87 Å². The molecule has 4 rings (SSSR count). The highest BCUT2D eigenvalue weighted by Crippen LogP contribution is 2.27. The average molecular weight is 354 g/mol. The predicted molar refractivity (Wildman–Crippen MR) is 94.4 cm³/mol. The number of nitrogens with zero attached hydrogens (tertiary/aromatic N) is 2. The van der Waals surface area contributed by atoms with Crippen molar-refractivity contribution in [2.75, 3.05) is 6.54 Å². The number of hydrogen-bond donors (Lipinski definition) is 0. The summed E-state index contributed by atoms with van der Waals surface area (Å²) < 4.78 is 32.4. The van der Waals surface area contributed by atoms with Crippen molar-refractivity contribution in [2.24, 2.45) is 0 Å². The second-order valence-electron chi connectivity index (χ2n) is 6.26. The quantitative estimate of drug-likeness (QED) is 0.723. The minimum Gasteiger partial charge on any atom is -0.361 e. The van der Waals surface area contributed by atoms with Crippen molar-refractivity contribution in [2.45, 2.75) is 24.8 Å². The van der Waals surface area contributed by atoms with Crippen molar-refractivity contribution in [1.82, 2.24) is 9.46 Å². The zero-order valence-corrected chi connectivity index (χ0v) is 14.7. The SMILES string of the molecule is Cc1cccc(-c2ccc(S(=O)(=O)N3CCc4oncc4C3)cc2)c1. The van der Waals surface area contributed by atoms with Gasteiger partial charge in [0.15, 0.2) is 0 Å². The number of aryl methyl sites for hydroxylation is 1. The Morgan fingerprint density at radius 3 is 2.64 bits per heavy atom. The lowest BCUT2D eigenvalue weighted by atomic mass is 10.0. The third kappa shape index (κ3) is 2.99. The summed E-state index contributed by atoms with van der Waals surface area (Å²) in [6.07, 6.45) is 2.15. The Hall–Kier alpha value is -2.44. The second-order valence-corrected chi connectivity index (χ2v) is 8.19. The Bertz CT molecular complexity index is 1010. The van der Waals surface area contributed by atoms with Gasteiger partial charge in [-0.15, -0.1) is 0 Å². The van der Waals surface area contributed by atoms with Gasteiger partial charge in [0.2, 0.25) is 10.0 Å². The van der Waals surface area contributed by atoms with E-state index in [-0.39, 0.29) is 0 Å². The third-order valence-electron chi connectivity index (χ3n) is 4.51. The molecule has 0 unspecified atom stereocenters. The highest BCUT2D eigenvalue weighted by molar-refractivity contribution is 7.89. The van der Waals surface area contributed by atoms with E-state index in [2.05, 4.69) is 11.2 Å². The molecule has 3 aromatic rings. The van der Waals surface area contributed by atoms with Crippen LogP contribution >= 0.6 is 0 Å². The zero-order chi connectivity index (χ0) is 17.4. The van der Waals surface area contributed by atoms with Crippen molar-refractivity contribution in [3.05, 3.63) is 71.6 Å². The summed E-state index contributed by atoms with van der Waals surface area (Å²) >= 11 is 0. The van der Waals surface area contributed by atoms with Crippen LogP contribution in [0.4, 0.5) is 0 Å². The van der Waals surface area contributed by atoms with E-state index >= 15 is 0 Å². The first kappa shape index (κ1) is 16.1. The standard InChI is InChI=1S/C19H18N2O3S/c1-14-3-2-4-16(11-14)15-5-7-18(8-6-15)25(22,23)21-10-9-19-17(13-21)12-20-24-19/h2-8,11-12H,9-10,13H2,1H3. The van der Waals surface area contributed by atoms with Crippen LogP contribution < -0.4 is 0 Å². The molecule has 0 bridgehead atoms. The molecule has 0 radical (unpaired) electrons. The number of fused-ring (bicyclic) bond motifs is 1. The molecule has 0 saturated heterocycles. The predicted octanol–water partition coefficient (Wildman–Crippen LogP) is 3.40. The van der Waals surface area contributed by atoms with Gasteiger partial charge < -0.3 is 4.52 Å². The molecule has 1 aliphatic rings. The Labute approximate surface area is 146 Å². The molecule has 0 atom stereocenters. The molecular formula is C19H18N2O3S. The summed E-state index contributed by atoms with van der Waals surface area (Å²) in [5.41, 5.74) is 4.09. The number of hydrogen-bond acceptors (Lipinski definition) is 4. The van der Waals surface area contributed by atoms with Crippen molar-refractivity contribution < 1.29 is 12.9 Å². The van der Waals surface area contributed by atoms with Crippen LogP contribution in [-0.2, 0) is 23.0 Å². The Kier molecular flexibility index (Phi) is 3.94. The van der Waals surface area contributed by atoms with Crippen molar-refractivity contribution >= 4 is 10.0 Å². The molecule has 0 saturated carbocycles. The normalized spacial score (nSPS) is 15.1. The topological polar surface area (TPSA) is 63.4 Å². The maximum atomic E-state index is 12.9. The summed E-state index contributed by atoms with van der Waals surface area (Å²) in [5.74, 6) is 0.779. The van der Waals surface area contributed by atoms with Gasteiger partial charge in [0.1, 0.15) is 5.76 Å². The van der Waals surface area contributed by atoms with Crippen LogP contribution in [0.2, 0.25) is 0 Å². The average Bonchev–Trinajstić information content (AvgIpc) is 3.09. The molecule has 0 aliphatic carbocycles. The Balaban J connectivity index is 1.61. The molecule has 128 valence electrons. The number of sulfonamides is 1. The fraction of sp³-hybridized carbons (Fsp3) is 0.211. The van der Waals surface area contributed by atoms with Crippen molar-refractivity contribution in [3.63, 3.8) is 0 Å². The van der Waals surface area contributed by atoms with E-state index in [0.717, 1.165) is 22.5 Å². The minimum atomic E-state index is -3.53. The zero-order valence-electron chi connectivity index (χ0n) is 13.8. The first-order chi connectivity index (χ1) is 12.0. The fourth-order valence-corrected chi connectivity index (χ4v) is 4.53. The smallest absolute Gasteiger partial charge is 0.243 e. The Morgan fingerprint density at radius 1 is 1.08 bits per heavy atom. The van der Waals surface area contributed by atoms with E-state index in [4.69, 9.17) is 4.52 Å². The van der Waals surface area contributed by atoms with Crippen LogP contribution in [0.15, 0.2) is 64.1 Å². The highest BCUT2D eigenvalue weighted by Gasteiger charge is 2.30. The summed E-state index contributed by atoms with van der Waals surface area (Å²) in [5, 5.41) is 3.75. The third-order valence-corrected chi connectivity index (χ3v) is 6.37. The van der Waals surface area contributed by atoms with Gasteiger partial charge in [0.05, 0.1) is 11.1 Å². The van der Waals surface area contributed by atoms with Crippen LogP contribution in [0.3, 0.4) is 0 Å². The van der Waals surface area contributed by atoms with Gasteiger partial charge in [0.25, 0.3) is 0 Å². The summed E-state index contributed by atoms with van der Waals surface area (Å²) in [6.45, 7) is 2.75. The van der Waals surface area contributed by atoms with Crippen molar-refractivity contribution in [1.29, 1.82) is 0 Å². The molecule has 2 heterocycles. The number of rotatable bonds is 3. The molecule has 0 amide bonds. The highest BCUT2D eigenvalue weighted by atomic mass is 32.2. The molecule has 0 fully saturated rings. The molecule has 2 aromatic carbocycles. The van der Waals surface area contributed by atoms with Gasteiger partial charge in [-0.25, -0.2) is 8.42 Å². The van der Waals surface area contributed by atoms with E-state index in [1.54, 1.807) is 18.3 Å². The first-order valence-electron chi connectivity index (χ1n) is 8.14. The van der Waals surface area contributed by atoms with Crippen LogP contribution in [0.1, 0.15) is 16.9 Å². The van der Waals surface area contributed by atoms with Gasteiger partial charge in [-0.1, -0.05) is 47.1 Å². The maximum absolute atomic E-state index is 12.9. The molecule has 6 heteroatoms. The first-order valence-corrected chi connectivity index (χ1v) is 9.58. The summed E-state index contributed by atoms with van der Waals surface area (Å²) in [6, 6.07) is 15.2. The largest absolute Gasteiger partial charge is 0.361 e. The van der Waals surface area contributed by atoms with Gasteiger partial charge in [0, 0.05) is 25.1 Å². The lowest BCUT2D eigenvalue weighted by Crippen LogP contribution is -2.35. The molecule has 1 aromatic heterocycles. The Morgan fingerprint density at radius 2 is 1.88 bits per heavy atom. The lowest BCUT2D eigenvalue weighted by Gasteiger charge is -2.25. The van der Waals surface area contributed by atoms with Gasteiger partial charge in [-0.3, -0.25) is 0 Å². The number of benzene rings is 2. The summed E-state index contributed by atoms with van der Waals surface area (Å²) in [4.78, 5) is 0.309. The molecular weight excluding hydrogens is 336 g/mol. The maximum Gasteiger partial charge on any atom is 0.243 e. The van der Waals surface area contributed by atoms with Crippen LogP contribution in [-0.4, -0.2) is 24.4 Å². The number of aromatic nitrogens is 1. The minimum absolute atomic E-state index is 0.306. The monoisotopic (exact) mass is 354 g/mol. The molecule has 0 N–H and O–H groups in total. The fourth-order valence-electron chi connectivity index (χ4n) is 3.11. The lowest BCUT2D eigenvalue weighted by molar-refractivity contribution is 0.331.